The number of ether oxygens (including phenoxy) is 1. The average Bonchev–Trinajstić information content (AvgIpc) is 2.80. The second-order valence-electron chi connectivity index (χ2n) is 8.43. The third kappa shape index (κ3) is 5.82. The van der Waals surface area contributed by atoms with Crippen molar-refractivity contribution in [1.82, 2.24) is 9.21 Å². The van der Waals surface area contributed by atoms with Gasteiger partial charge in [0.2, 0.25) is 10.0 Å². The van der Waals surface area contributed by atoms with E-state index < -0.39 is 10.0 Å². The molecule has 4 rings (SSSR count). The van der Waals surface area contributed by atoms with E-state index in [0.29, 0.717) is 37.1 Å². The van der Waals surface area contributed by atoms with Crippen LogP contribution >= 0.6 is 12.2 Å². The fourth-order valence-corrected chi connectivity index (χ4v) is 5.70. The van der Waals surface area contributed by atoms with Crippen molar-refractivity contribution < 1.29 is 13.2 Å². The number of hydrogen-bond acceptors (Lipinski definition) is 6. The molecule has 0 atom stereocenters. The summed E-state index contributed by atoms with van der Waals surface area (Å²) in [5, 5.41) is 6.88. The summed E-state index contributed by atoms with van der Waals surface area (Å²) in [5.74, 6) is 0. The first-order valence-electron chi connectivity index (χ1n) is 11.1. The zero-order valence-electron chi connectivity index (χ0n) is 19.1. The molecule has 2 fully saturated rings. The maximum atomic E-state index is 13.3. The number of benzene rings is 2. The summed E-state index contributed by atoms with van der Waals surface area (Å²) in [4.78, 5) is 4.80. The molecule has 0 radical (unpaired) electrons. The molecule has 2 saturated heterocycles. The highest BCUT2D eigenvalue weighted by Gasteiger charge is 2.28. The number of piperazine rings is 1. The summed E-state index contributed by atoms with van der Waals surface area (Å²) in [6.45, 7) is 7.17. The number of nitrogens with zero attached hydrogens (tertiary/aromatic N) is 3. The Bertz CT molecular complexity index is 1100. The number of anilines is 3. The lowest BCUT2D eigenvalue weighted by atomic mass is 10.2. The lowest BCUT2D eigenvalue weighted by molar-refractivity contribution is 0.0730. The van der Waals surface area contributed by atoms with Gasteiger partial charge in [-0.3, -0.25) is 0 Å². The van der Waals surface area contributed by atoms with Gasteiger partial charge in [0.05, 0.1) is 29.5 Å². The van der Waals surface area contributed by atoms with E-state index in [0.717, 1.165) is 43.1 Å². The molecule has 8 nitrogen and oxygen atoms in total. The van der Waals surface area contributed by atoms with E-state index in [1.807, 2.05) is 37.3 Å². The molecule has 2 aromatic rings. The third-order valence-corrected chi connectivity index (χ3v) is 8.04. The smallest absolute Gasteiger partial charge is 0.243 e. The SMILES string of the molecule is Cc1cccc(NC(=S)Nc2cc(S(=O)(=O)N3CCOCC3)ccc2N2CCN(C)CC2)c1. The minimum atomic E-state index is -3.62. The first-order valence-corrected chi connectivity index (χ1v) is 13.0. The standard InChI is InChI=1S/C23H31N5O3S2/c1-18-4-3-5-19(16-18)24-23(32)25-21-17-20(33(29,30)28-12-14-31-15-13-28)6-7-22(21)27-10-8-26(2)9-11-27/h3-7,16-17H,8-15H2,1-2H3,(H2,24,25,32). The lowest BCUT2D eigenvalue weighted by Crippen LogP contribution is -2.45. The van der Waals surface area contributed by atoms with Gasteiger partial charge < -0.3 is 25.2 Å². The summed E-state index contributed by atoms with van der Waals surface area (Å²) in [6.07, 6.45) is 0. The Morgan fingerprint density at radius 1 is 0.970 bits per heavy atom. The van der Waals surface area contributed by atoms with Gasteiger partial charge in [-0.1, -0.05) is 12.1 Å². The molecule has 2 aliphatic rings. The van der Waals surface area contributed by atoms with Crippen LogP contribution in [0.5, 0.6) is 0 Å². The first kappa shape index (κ1) is 23.9. The van der Waals surface area contributed by atoms with Crippen LogP contribution < -0.4 is 15.5 Å². The normalized spacial score (nSPS) is 18.2. The van der Waals surface area contributed by atoms with Crippen molar-refractivity contribution in [2.24, 2.45) is 0 Å². The van der Waals surface area contributed by atoms with Crippen LogP contribution in [0.15, 0.2) is 47.4 Å². The molecule has 0 aliphatic carbocycles. The molecular formula is C23H31N5O3S2. The molecule has 0 bridgehead atoms. The number of rotatable bonds is 5. The highest BCUT2D eigenvalue weighted by atomic mass is 32.2. The Labute approximate surface area is 201 Å². The molecular weight excluding hydrogens is 458 g/mol. The number of sulfonamides is 1. The van der Waals surface area contributed by atoms with Crippen molar-refractivity contribution in [3.8, 4) is 0 Å². The van der Waals surface area contributed by atoms with E-state index >= 15 is 0 Å². The zero-order valence-corrected chi connectivity index (χ0v) is 20.7. The third-order valence-electron chi connectivity index (χ3n) is 5.94. The molecule has 0 saturated carbocycles. The maximum Gasteiger partial charge on any atom is 0.243 e. The molecule has 0 aromatic heterocycles. The largest absolute Gasteiger partial charge is 0.379 e. The van der Waals surface area contributed by atoms with Crippen molar-refractivity contribution in [2.75, 3.05) is 75.1 Å². The minimum absolute atomic E-state index is 0.253. The quantitative estimate of drug-likeness (QED) is 0.621. The predicted octanol–water partition coefficient (Wildman–Crippen LogP) is 2.58. The molecule has 10 heteroatoms. The number of aryl methyl sites for hydroxylation is 1. The van der Waals surface area contributed by atoms with Crippen LogP contribution in [0.3, 0.4) is 0 Å². The Morgan fingerprint density at radius 3 is 2.39 bits per heavy atom. The summed E-state index contributed by atoms with van der Waals surface area (Å²) >= 11 is 5.58. The van der Waals surface area contributed by atoms with E-state index in [2.05, 4.69) is 27.5 Å². The Balaban J connectivity index is 1.62. The monoisotopic (exact) mass is 489 g/mol. The lowest BCUT2D eigenvalue weighted by Gasteiger charge is -2.35. The molecule has 0 unspecified atom stereocenters. The van der Waals surface area contributed by atoms with Crippen LogP contribution in [0.25, 0.3) is 0 Å². The Hall–Kier alpha value is -2.24. The molecule has 0 amide bonds. The van der Waals surface area contributed by atoms with Crippen molar-refractivity contribution in [1.29, 1.82) is 0 Å². The molecule has 33 heavy (non-hydrogen) atoms. The van der Waals surface area contributed by atoms with Crippen LogP contribution in [0.4, 0.5) is 17.1 Å². The minimum Gasteiger partial charge on any atom is -0.379 e. The van der Waals surface area contributed by atoms with Gasteiger partial charge in [0, 0.05) is 45.0 Å². The van der Waals surface area contributed by atoms with Gasteiger partial charge in [0.25, 0.3) is 0 Å². The van der Waals surface area contributed by atoms with Crippen LogP contribution in [0.2, 0.25) is 0 Å². The first-order chi connectivity index (χ1) is 15.8. The number of nitrogens with one attached hydrogen (secondary N) is 2. The molecule has 0 spiro atoms. The van der Waals surface area contributed by atoms with Crippen molar-refractivity contribution in [2.45, 2.75) is 11.8 Å². The van der Waals surface area contributed by atoms with E-state index in [4.69, 9.17) is 17.0 Å². The van der Waals surface area contributed by atoms with Gasteiger partial charge in [-0.2, -0.15) is 4.31 Å². The number of morpholine rings is 1. The van der Waals surface area contributed by atoms with Crippen molar-refractivity contribution >= 4 is 44.4 Å². The maximum absolute atomic E-state index is 13.3. The van der Waals surface area contributed by atoms with E-state index in [1.165, 1.54) is 4.31 Å². The number of thiocarbonyl (C=S) groups is 1. The summed E-state index contributed by atoms with van der Waals surface area (Å²) in [5.41, 5.74) is 3.63. The van der Waals surface area contributed by atoms with Gasteiger partial charge in [-0.15, -0.1) is 0 Å². The highest BCUT2D eigenvalue weighted by molar-refractivity contribution is 7.89. The Morgan fingerprint density at radius 2 is 1.70 bits per heavy atom. The van der Waals surface area contributed by atoms with Gasteiger partial charge in [0.15, 0.2) is 5.11 Å². The molecule has 2 N–H and O–H groups in total. The number of likely N-dealkylation sites (N-methyl/N-ethyl adjacent to an activating group) is 1. The molecule has 2 aromatic carbocycles. The van der Waals surface area contributed by atoms with Gasteiger partial charge in [0.1, 0.15) is 0 Å². The second kappa shape index (κ2) is 10.4. The van der Waals surface area contributed by atoms with Crippen LogP contribution in [-0.2, 0) is 14.8 Å². The Kier molecular flexibility index (Phi) is 7.50. The van der Waals surface area contributed by atoms with Crippen molar-refractivity contribution in [3.63, 3.8) is 0 Å². The molecule has 2 heterocycles. The highest BCUT2D eigenvalue weighted by Crippen LogP contribution is 2.31. The predicted molar refractivity (Wildman–Crippen MR) is 137 cm³/mol. The van der Waals surface area contributed by atoms with E-state index in [1.54, 1.807) is 12.1 Å². The van der Waals surface area contributed by atoms with Gasteiger partial charge in [-0.25, -0.2) is 8.42 Å². The zero-order chi connectivity index (χ0) is 23.4. The fourth-order valence-electron chi connectivity index (χ4n) is 4.04. The fraction of sp³-hybridized carbons (Fsp3) is 0.435. The molecule has 2 aliphatic heterocycles. The van der Waals surface area contributed by atoms with Crippen molar-refractivity contribution in [3.05, 3.63) is 48.0 Å². The van der Waals surface area contributed by atoms with Gasteiger partial charge in [-0.05, 0) is 62.1 Å². The topological polar surface area (TPSA) is 77.1 Å². The summed E-state index contributed by atoms with van der Waals surface area (Å²) in [7, 11) is -1.51. The average molecular weight is 490 g/mol. The second-order valence-corrected chi connectivity index (χ2v) is 10.8. The van der Waals surface area contributed by atoms with Crippen LogP contribution in [0, 0.1) is 6.92 Å². The summed E-state index contributed by atoms with van der Waals surface area (Å²) < 4.78 is 33.3. The molecule has 178 valence electrons. The summed E-state index contributed by atoms with van der Waals surface area (Å²) in [6, 6.07) is 13.2. The van der Waals surface area contributed by atoms with Crippen LogP contribution in [0.1, 0.15) is 5.56 Å². The van der Waals surface area contributed by atoms with Crippen LogP contribution in [-0.4, -0.2) is 82.3 Å². The van der Waals surface area contributed by atoms with E-state index in [-0.39, 0.29) is 4.90 Å². The van der Waals surface area contributed by atoms with Gasteiger partial charge >= 0.3 is 0 Å². The number of hydrogen-bond donors (Lipinski definition) is 2. The van der Waals surface area contributed by atoms with E-state index in [9.17, 15) is 8.42 Å².